The highest BCUT2D eigenvalue weighted by atomic mass is 19.4. The zero-order chi connectivity index (χ0) is 20.1. The lowest BCUT2D eigenvalue weighted by atomic mass is 10.0. The molecule has 0 bridgehead atoms. The van der Waals surface area contributed by atoms with Gasteiger partial charge in [0.2, 0.25) is 5.95 Å². The first-order valence-corrected chi connectivity index (χ1v) is 8.93. The molecule has 0 aliphatic carbocycles. The molecule has 1 aromatic heterocycles. The molecule has 0 saturated carbocycles. The number of aromatic nitrogens is 2. The second-order valence-corrected chi connectivity index (χ2v) is 6.86. The van der Waals surface area contributed by atoms with Crippen LogP contribution >= 0.6 is 0 Å². The number of anilines is 4. The van der Waals surface area contributed by atoms with Crippen molar-refractivity contribution in [3.05, 3.63) is 71.9 Å². The van der Waals surface area contributed by atoms with Crippen molar-refractivity contribution in [2.75, 3.05) is 10.6 Å². The number of hydrogen-bond acceptors (Lipinski definition) is 4. The molecule has 0 fully saturated rings. The second-order valence-electron chi connectivity index (χ2n) is 6.86. The highest BCUT2D eigenvalue weighted by molar-refractivity contribution is 5.63. The van der Waals surface area contributed by atoms with Crippen LogP contribution in [0.1, 0.15) is 25.0 Å². The van der Waals surface area contributed by atoms with Gasteiger partial charge in [-0.3, -0.25) is 0 Å². The van der Waals surface area contributed by atoms with Crippen LogP contribution in [0.15, 0.2) is 60.8 Å². The van der Waals surface area contributed by atoms with Gasteiger partial charge in [-0.15, -0.1) is 0 Å². The Morgan fingerprint density at radius 2 is 1.54 bits per heavy atom. The minimum absolute atomic E-state index is 0.0816. The molecule has 28 heavy (non-hydrogen) atoms. The Bertz CT molecular complexity index is 907. The van der Waals surface area contributed by atoms with E-state index in [1.165, 1.54) is 0 Å². The summed E-state index contributed by atoms with van der Waals surface area (Å²) in [6.07, 6.45) is -2.87. The minimum atomic E-state index is -4.56. The predicted octanol–water partition coefficient (Wildman–Crippen LogP) is 6.18. The van der Waals surface area contributed by atoms with Crippen LogP contribution in [-0.2, 0) is 12.6 Å². The fourth-order valence-electron chi connectivity index (χ4n) is 2.73. The summed E-state index contributed by atoms with van der Waals surface area (Å²) in [6.45, 7) is 4.23. The number of alkyl halides is 3. The fraction of sp³-hybridized carbons (Fsp3) is 0.238. The van der Waals surface area contributed by atoms with E-state index in [-0.39, 0.29) is 11.8 Å². The van der Waals surface area contributed by atoms with Crippen LogP contribution in [0, 0.1) is 5.92 Å². The summed E-state index contributed by atoms with van der Waals surface area (Å²) >= 11 is 0. The van der Waals surface area contributed by atoms with E-state index >= 15 is 0 Å². The summed E-state index contributed by atoms with van der Waals surface area (Å²) in [5.41, 5.74) is 1.43. The van der Waals surface area contributed by atoms with Crippen LogP contribution in [0.3, 0.4) is 0 Å². The van der Waals surface area contributed by atoms with E-state index in [9.17, 15) is 13.2 Å². The normalized spacial score (nSPS) is 11.5. The van der Waals surface area contributed by atoms with Gasteiger partial charge in [-0.2, -0.15) is 18.2 Å². The van der Waals surface area contributed by atoms with Crippen molar-refractivity contribution in [2.45, 2.75) is 26.4 Å². The van der Waals surface area contributed by atoms with Gasteiger partial charge in [0.1, 0.15) is 11.4 Å². The van der Waals surface area contributed by atoms with E-state index in [2.05, 4.69) is 34.4 Å². The Morgan fingerprint density at radius 1 is 0.893 bits per heavy atom. The maximum atomic E-state index is 13.4. The monoisotopic (exact) mass is 386 g/mol. The highest BCUT2D eigenvalue weighted by Crippen LogP contribution is 2.35. The van der Waals surface area contributed by atoms with Crippen LogP contribution in [0.2, 0.25) is 0 Å². The Kier molecular flexibility index (Phi) is 5.82. The number of hydrogen-bond donors (Lipinski definition) is 2. The minimum Gasteiger partial charge on any atom is -0.340 e. The molecule has 4 nitrogen and oxygen atoms in total. The van der Waals surface area contributed by atoms with Gasteiger partial charge in [-0.05, 0) is 42.2 Å². The van der Waals surface area contributed by atoms with E-state index in [4.69, 9.17) is 0 Å². The van der Waals surface area contributed by atoms with Gasteiger partial charge in [0.15, 0.2) is 0 Å². The molecule has 3 aromatic rings. The molecule has 146 valence electrons. The van der Waals surface area contributed by atoms with Gasteiger partial charge in [-0.25, -0.2) is 4.98 Å². The number of benzene rings is 2. The summed E-state index contributed by atoms with van der Waals surface area (Å²) in [5.74, 6) is 0.291. The average molecular weight is 386 g/mol. The Morgan fingerprint density at radius 3 is 2.14 bits per heavy atom. The number of nitrogens with zero attached hydrogens (tertiary/aromatic N) is 2. The van der Waals surface area contributed by atoms with Crippen molar-refractivity contribution in [2.24, 2.45) is 5.92 Å². The van der Waals surface area contributed by atoms with Gasteiger partial charge in [0.05, 0.1) is 0 Å². The summed E-state index contributed by atoms with van der Waals surface area (Å²) in [5, 5.41) is 5.68. The van der Waals surface area contributed by atoms with Gasteiger partial charge in [0.25, 0.3) is 0 Å². The molecule has 0 atom stereocenters. The standard InChI is InChI=1S/C21H21F3N4/c1-14(2)12-15-8-10-17(11-9-15)26-19-18(21(22,23)24)13-25-20(28-19)27-16-6-4-3-5-7-16/h3-11,13-14H,12H2,1-2H3,(H2,25,26,27,28). The van der Waals surface area contributed by atoms with Crippen LogP contribution in [0.5, 0.6) is 0 Å². The van der Waals surface area contributed by atoms with E-state index in [1.54, 1.807) is 24.3 Å². The fourth-order valence-corrected chi connectivity index (χ4v) is 2.73. The van der Waals surface area contributed by atoms with Crippen molar-refractivity contribution in [3.63, 3.8) is 0 Å². The van der Waals surface area contributed by atoms with Crippen LogP contribution in [0.4, 0.5) is 36.3 Å². The zero-order valence-electron chi connectivity index (χ0n) is 15.6. The molecule has 0 amide bonds. The number of halogens is 3. The number of rotatable bonds is 6. The largest absolute Gasteiger partial charge is 0.421 e. The third-order valence-corrected chi connectivity index (χ3v) is 3.98. The van der Waals surface area contributed by atoms with Gasteiger partial charge in [0, 0.05) is 17.6 Å². The van der Waals surface area contributed by atoms with Crippen molar-refractivity contribution in [3.8, 4) is 0 Å². The molecule has 0 aliphatic rings. The number of nitrogens with one attached hydrogen (secondary N) is 2. The first kappa shape index (κ1) is 19.7. The summed E-state index contributed by atoms with van der Waals surface area (Å²) < 4.78 is 40.1. The molecule has 1 heterocycles. The SMILES string of the molecule is CC(C)Cc1ccc(Nc2nc(Nc3ccccc3)ncc2C(F)(F)F)cc1. The van der Waals surface area contributed by atoms with Crippen molar-refractivity contribution in [1.82, 2.24) is 9.97 Å². The molecule has 0 radical (unpaired) electrons. The molecule has 7 heteroatoms. The first-order valence-electron chi connectivity index (χ1n) is 8.93. The van der Waals surface area contributed by atoms with Gasteiger partial charge in [-0.1, -0.05) is 44.2 Å². The van der Waals surface area contributed by atoms with E-state index < -0.39 is 11.7 Å². The quantitative estimate of drug-likeness (QED) is 0.531. The zero-order valence-corrected chi connectivity index (χ0v) is 15.6. The van der Waals surface area contributed by atoms with Crippen molar-refractivity contribution >= 4 is 23.1 Å². The molecular formula is C21H21F3N4. The molecule has 0 aliphatic heterocycles. The Balaban J connectivity index is 1.87. The summed E-state index contributed by atoms with van der Waals surface area (Å²) in [6, 6.07) is 16.3. The van der Waals surface area contributed by atoms with Crippen LogP contribution < -0.4 is 10.6 Å². The summed E-state index contributed by atoms with van der Waals surface area (Å²) in [4.78, 5) is 7.85. The van der Waals surface area contributed by atoms with Crippen LogP contribution in [0.25, 0.3) is 0 Å². The maximum Gasteiger partial charge on any atom is 0.421 e. The molecule has 0 saturated heterocycles. The highest BCUT2D eigenvalue weighted by Gasteiger charge is 2.35. The van der Waals surface area contributed by atoms with E-state index in [0.29, 0.717) is 17.3 Å². The van der Waals surface area contributed by atoms with Gasteiger partial charge < -0.3 is 10.6 Å². The van der Waals surface area contributed by atoms with E-state index in [0.717, 1.165) is 18.2 Å². The molecule has 0 unspecified atom stereocenters. The Hall–Kier alpha value is -3.09. The smallest absolute Gasteiger partial charge is 0.340 e. The molecule has 0 spiro atoms. The first-order chi connectivity index (χ1) is 13.3. The lowest BCUT2D eigenvalue weighted by Crippen LogP contribution is -2.12. The lowest BCUT2D eigenvalue weighted by molar-refractivity contribution is -0.137. The summed E-state index contributed by atoms with van der Waals surface area (Å²) in [7, 11) is 0. The maximum absolute atomic E-state index is 13.4. The van der Waals surface area contributed by atoms with Gasteiger partial charge >= 0.3 is 6.18 Å². The molecule has 2 N–H and O–H groups in total. The molecule has 3 rings (SSSR count). The predicted molar refractivity (Wildman–Crippen MR) is 105 cm³/mol. The van der Waals surface area contributed by atoms with Crippen LogP contribution in [-0.4, -0.2) is 9.97 Å². The third kappa shape index (κ3) is 5.22. The molecular weight excluding hydrogens is 365 g/mol. The average Bonchev–Trinajstić information content (AvgIpc) is 2.63. The lowest BCUT2D eigenvalue weighted by Gasteiger charge is -2.15. The van der Waals surface area contributed by atoms with Crippen molar-refractivity contribution in [1.29, 1.82) is 0 Å². The third-order valence-electron chi connectivity index (χ3n) is 3.98. The van der Waals surface area contributed by atoms with Crippen molar-refractivity contribution < 1.29 is 13.2 Å². The number of para-hydroxylation sites is 1. The van der Waals surface area contributed by atoms with E-state index in [1.807, 2.05) is 30.3 Å². The second kappa shape index (κ2) is 8.29. The Labute approximate surface area is 161 Å². The topological polar surface area (TPSA) is 49.8 Å². The molecule has 2 aromatic carbocycles.